The molecule has 1 unspecified atom stereocenters. The summed E-state index contributed by atoms with van der Waals surface area (Å²) in [6.07, 6.45) is 0. The van der Waals surface area contributed by atoms with Crippen molar-refractivity contribution >= 4 is 28.5 Å². The van der Waals surface area contributed by atoms with Crippen molar-refractivity contribution in [1.82, 2.24) is 4.90 Å². The Morgan fingerprint density at radius 2 is 1.69 bits per heavy atom. The van der Waals surface area contributed by atoms with E-state index in [1.165, 1.54) is 4.90 Å². The van der Waals surface area contributed by atoms with Crippen molar-refractivity contribution < 1.29 is 19.1 Å². The predicted octanol–water partition coefficient (Wildman–Crippen LogP) is 3.65. The highest BCUT2D eigenvalue weighted by atomic mass is 16.3. The van der Waals surface area contributed by atoms with E-state index >= 15 is 0 Å². The molecule has 1 aromatic heterocycles. The van der Waals surface area contributed by atoms with Crippen molar-refractivity contribution in [1.29, 1.82) is 0 Å². The molecule has 36 heavy (non-hydrogen) atoms. The van der Waals surface area contributed by atoms with E-state index in [0.29, 0.717) is 16.6 Å². The Morgan fingerprint density at radius 3 is 2.47 bits per heavy atom. The molecular weight excluding hydrogens is 456 g/mol. The van der Waals surface area contributed by atoms with E-state index in [9.17, 15) is 19.5 Å². The molecule has 2 aliphatic rings. The second-order valence-corrected chi connectivity index (χ2v) is 9.42. The highest BCUT2D eigenvalue weighted by Crippen LogP contribution is 2.52. The van der Waals surface area contributed by atoms with Crippen molar-refractivity contribution in [3.8, 4) is 0 Å². The van der Waals surface area contributed by atoms with Gasteiger partial charge in [-0.2, -0.15) is 0 Å². The van der Waals surface area contributed by atoms with E-state index in [-0.39, 0.29) is 36.6 Å². The number of hydrogen-bond donors (Lipinski definition) is 1. The first-order chi connectivity index (χ1) is 17.4. The van der Waals surface area contributed by atoms with Gasteiger partial charge in [0.1, 0.15) is 5.58 Å². The molecule has 2 aliphatic heterocycles. The molecule has 0 saturated heterocycles. The lowest BCUT2D eigenvalue weighted by molar-refractivity contribution is -0.126. The van der Waals surface area contributed by atoms with Gasteiger partial charge in [0.25, 0.3) is 11.8 Å². The Morgan fingerprint density at radius 1 is 0.917 bits per heavy atom. The van der Waals surface area contributed by atoms with Gasteiger partial charge in [-0.3, -0.25) is 14.4 Å². The molecule has 4 aromatic rings. The third kappa shape index (κ3) is 2.86. The van der Waals surface area contributed by atoms with Crippen LogP contribution in [0.3, 0.4) is 0 Å². The molecule has 0 fully saturated rings. The van der Waals surface area contributed by atoms with Crippen molar-refractivity contribution in [2.75, 3.05) is 18.1 Å². The highest BCUT2D eigenvalue weighted by molar-refractivity contribution is 6.17. The average Bonchev–Trinajstić information content (AvgIpc) is 3.25. The van der Waals surface area contributed by atoms with Crippen molar-refractivity contribution in [2.24, 2.45) is 0 Å². The van der Waals surface area contributed by atoms with Crippen LogP contribution in [0.2, 0.25) is 0 Å². The van der Waals surface area contributed by atoms with Gasteiger partial charge in [-0.25, -0.2) is 0 Å². The molecule has 3 aromatic carbocycles. The van der Waals surface area contributed by atoms with Crippen LogP contribution in [0, 0.1) is 13.8 Å². The molecule has 1 spiro atoms. The lowest BCUT2D eigenvalue weighted by atomic mass is 9.84. The first-order valence-corrected chi connectivity index (χ1v) is 11.9. The monoisotopic (exact) mass is 480 g/mol. The number of anilines is 1. The number of fused-ring (bicyclic) bond motifs is 5. The van der Waals surface area contributed by atoms with Crippen LogP contribution in [0.1, 0.15) is 38.4 Å². The molecule has 2 amide bonds. The summed E-state index contributed by atoms with van der Waals surface area (Å²) < 4.78 is 6.00. The summed E-state index contributed by atoms with van der Waals surface area (Å²) in [4.78, 5) is 45.1. The fraction of sp³-hybridized carbons (Fsp3) is 0.207. The molecule has 0 saturated carbocycles. The normalized spacial score (nSPS) is 18.4. The smallest absolute Gasteiger partial charge is 0.291 e. The molecule has 0 bridgehead atoms. The number of benzene rings is 3. The zero-order valence-corrected chi connectivity index (χ0v) is 19.9. The number of amides is 2. The number of carbonyl (C=O) groups is 2. The number of hydrogen-bond acceptors (Lipinski definition) is 5. The summed E-state index contributed by atoms with van der Waals surface area (Å²) in [5, 5.41) is 10.2. The van der Waals surface area contributed by atoms with E-state index in [4.69, 9.17) is 4.42 Å². The lowest BCUT2D eigenvalue weighted by Gasteiger charge is -2.33. The fourth-order valence-corrected chi connectivity index (χ4v) is 5.65. The summed E-state index contributed by atoms with van der Waals surface area (Å²) in [7, 11) is 0. The minimum absolute atomic E-state index is 0.0169. The fourth-order valence-electron chi connectivity index (χ4n) is 5.65. The molecule has 7 nitrogen and oxygen atoms in total. The lowest BCUT2D eigenvalue weighted by Crippen LogP contribution is -2.54. The molecule has 7 heteroatoms. The molecule has 1 N–H and O–H groups in total. The van der Waals surface area contributed by atoms with Crippen molar-refractivity contribution in [2.45, 2.75) is 25.9 Å². The van der Waals surface area contributed by atoms with Gasteiger partial charge in [-0.1, -0.05) is 59.7 Å². The Balaban J connectivity index is 1.66. The maximum Gasteiger partial charge on any atom is 0.291 e. The number of aliphatic hydroxyl groups excluding tert-OH is 1. The molecule has 3 heterocycles. The van der Waals surface area contributed by atoms with Crippen LogP contribution in [0.4, 0.5) is 5.69 Å². The first-order valence-electron chi connectivity index (χ1n) is 11.9. The van der Waals surface area contributed by atoms with Gasteiger partial charge in [-0.05, 0) is 37.6 Å². The number of aryl methyl sites for hydroxylation is 2. The van der Waals surface area contributed by atoms with E-state index in [2.05, 4.69) is 0 Å². The molecule has 0 radical (unpaired) electrons. The zero-order chi connectivity index (χ0) is 25.2. The Hall–Kier alpha value is -4.23. The van der Waals surface area contributed by atoms with Crippen LogP contribution < -0.4 is 10.3 Å². The van der Waals surface area contributed by atoms with Crippen LogP contribution in [-0.4, -0.2) is 35.0 Å². The summed E-state index contributed by atoms with van der Waals surface area (Å²) >= 11 is 0. The Bertz CT molecular complexity index is 1640. The Kier molecular flexibility index (Phi) is 4.88. The van der Waals surface area contributed by atoms with Gasteiger partial charge >= 0.3 is 0 Å². The molecule has 0 aliphatic carbocycles. The number of nitrogens with zero attached hydrogens (tertiary/aromatic N) is 2. The number of para-hydroxylation sites is 1. The van der Waals surface area contributed by atoms with E-state index in [1.54, 1.807) is 35.2 Å². The summed E-state index contributed by atoms with van der Waals surface area (Å²) in [5.74, 6) is -1.14. The van der Waals surface area contributed by atoms with Gasteiger partial charge < -0.3 is 19.3 Å². The van der Waals surface area contributed by atoms with Crippen molar-refractivity contribution in [3.05, 3.63) is 111 Å². The maximum atomic E-state index is 14.5. The van der Waals surface area contributed by atoms with E-state index < -0.39 is 22.8 Å². The second-order valence-electron chi connectivity index (χ2n) is 9.42. The maximum absolute atomic E-state index is 14.5. The number of carbonyl (C=O) groups excluding carboxylic acids is 2. The van der Waals surface area contributed by atoms with Crippen LogP contribution >= 0.6 is 0 Å². The Labute approximate surface area is 207 Å². The SMILES string of the molecule is Cc1cccc(CN2C(=O)C3(c4ccccc42)c2c(oc4ccc(C)cc4c2=O)C(=O)N3CCO)c1. The molecule has 1 atom stereocenters. The predicted molar refractivity (Wildman–Crippen MR) is 135 cm³/mol. The summed E-state index contributed by atoms with van der Waals surface area (Å²) in [5.41, 5.74) is 2.18. The van der Waals surface area contributed by atoms with Gasteiger partial charge in [0, 0.05) is 12.1 Å². The topological polar surface area (TPSA) is 91.1 Å². The van der Waals surface area contributed by atoms with Gasteiger partial charge in [-0.15, -0.1) is 0 Å². The minimum Gasteiger partial charge on any atom is -0.450 e. The van der Waals surface area contributed by atoms with Crippen LogP contribution in [0.15, 0.2) is 75.9 Å². The van der Waals surface area contributed by atoms with Crippen LogP contribution in [-0.2, 0) is 16.9 Å². The highest BCUT2D eigenvalue weighted by Gasteiger charge is 2.64. The standard InChI is InChI=1S/C29H24N2O5/c1-17-6-5-7-19(14-17)16-30-22-9-4-3-8-21(22)29(28(30)35)24-25(33)20-15-18(2)10-11-23(20)36-26(24)27(34)31(29)12-13-32/h3-11,14-15,32H,12-13,16H2,1-2H3. The second kappa shape index (κ2) is 7.90. The van der Waals surface area contributed by atoms with E-state index in [0.717, 1.165) is 16.7 Å². The van der Waals surface area contributed by atoms with Crippen LogP contribution in [0.25, 0.3) is 11.0 Å². The summed E-state index contributed by atoms with van der Waals surface area (Å²) in [6.45, 7) is 3.62. The van der Waals surface area contributed by atoms with Gasteiger partial charge in [0.05, 0.1) is 29.8 Å². The quantitative estimate of drug-likeness (QED) is 0.482. The largest absolute Gasteiger partial charge is 0.450 e. The van der Waals surface area contributed by atoms with Gasteiger partial charge in [0.15, 0.2) is 11.0 Å². The summed E-state index contributed by atoms with van der Waals surface area (Å²) in [6, 6.07) is 20.3. The number of aliphatic hydroxyl groups is 1. The van der Waals surface area contributed by atoms with Crippen LogP contribution in [0.5, 0.6) is 0 Å². The third-order valence-corrected chi connectivity index (χ3v) is 7.14. The number of β-amino-alcohol motifs (C(OH)–C–C–N with tert-alkyl or cyclic N) is 1. The third-order valence-electron chi connectivity index (χ3n) is 7.14. The van der Waals surface area contributed by atoms with Gasteiger partial charge in [0.2, 0.25) is 5.76 Å². The zero-order valence-electron chi connectivity index (χ0n) is 19.9. The van der Waals surface area contributed by atoms with E-state index in [1.807, 2.05) is 50.2 Å². The molecular formula is C29H24N2O5. The molecule has 180 valence electrons. The first kappa shape index (κ1) is 22.2. The van der Waals surface area contributed by atoms with Crippen molar-refractivity contribution in [3.63, 3.8) is 0 Å². The molecule has 6 rings (SSSR count). The average molecular weight is 481 g/mol. The minimum atomic E-state index is -1.71. The number of rotatable bonds is 4.